The monoisotopic (exact) mass is 256 g/mol. The maximum atomic E-state index is 15.9. The van der Waals surface area contributed by atoms with Gasteiger partial charge in [0, 0.05) is 12.8 Å². The number of rotatable bonds is 3. The molecule has 19 heavy (non-hydrogen) atoms. The largest absolute Gasteiger partial charge is 0.341 e. The second kappa shape index (κ2) is 5.14. The second-order valence-electron chi connectivity index (χ2n) is 5.22. The van der Waals surface area contributed by atoms with E-state index in [1.54, 1.807) is 0 Å². The first-order valence-corrected chi connectivity index (χ1v) is 6.95. The molecule has 2 aromatic rings. The van der Waals surface area contributed by atoms with Crippen molar-refractivity contribution >= 4 is 0 Å². The highest BCUT2D eigenvalue weighted by molar-refractivity contribution is 5.37. The molecular weight excluding hydrogens is 237 g/mol. The second-order valence-corrected chi connectivity index (χ2v) is 5.22. The van der Waals surface area contributed by atoms with Gasteiger partial charge < -0.3 is 5.32 Å². The third-order valence-corrected chi connectivity index (χ3v) is 4.07. The fourth-order valence-electron chi connectivity index (χ4n) is 3.09. The Labute approximate surface area is 113 Å². The van der Waals surface area contributed by atoms with Crippen LogP contribution in [0.3, 0.4) is 0 Å². The van der Waals surface area contributed by atoms with Gasteiger partial charge in [-0.25, -0.2) is 4.39 Å². The molecule has 98 valence electrons. The highest BCUT2D eigenvalue weighted by atomic mass is 19.1. The summed E-state index contributed by atoms with van der Waals surface area (Å²) in [6, 6.07) is 19.1. The molecule has 3 rings (SSSR count). The molecule has 1 heterocycles. The average molecular weight is 256 g/mol. The van der Waals surface area contributed by atoms with Gasteiger partial charge in [-0.05, 0) is 11.1 Å². The van der Waals surface area contributed by atoms with E-state index in [9.17, 15) is 0 Å². The first-order chi connectivity index (χ1) is 9.32. The molecule has 2 heteroatoms. The van der Waals surface area contributed by atoms with Crippen LogP contribution in [0.1, 0.15) is 24.0 Å². The van der Waals surface area contributed by atoms with Crippen molar-refractivity contribution in [2.75, 3.05) is 6.54 Å². The normalized spacial score (nSPS) is 19.5. The predicted octanol–water partition coefficient (Wildman–Crippen LogP) is 2.63. The summed E-state index contributed by atoms with van der Waals surface area (Å²) in [7, 11) is 0. The van der Waals surface area contributed by atoms with Gasteiger partial charge >= 0.3 is 0 Å². The van der Waals surface area contributed by atoms with Gasteiger partial charge in [-0.1, -0.05) is 60.7 Å². The van der Waals surface area contributed by atoms with E-state index >= 15 is 4.39 Å². The molecule has 1 fully saturated rings. The first kappa shape index (κ1) is 12.4. The van der Waals surface area contributed by atoms with Crippen molar-refractivity contribution in [3.63, 3.8) is 0 Å². The lowest BCUT2D eigenvalue weighted by Crippen LogP contribution is -2.90. The van der Waals surface area contributed by atoms with Crippen molar-refractivity contribution < 1.29 is 9.71 Å². The van der Waals surface area contributed by atoms with E-state index in [0.717, 1.165) is 30.5 Å². The molecule has 1 atom stereocenters. The van der Waals surface area contributed by atoms with Crippen LogP contribution in [0.15, 0.2) is 60.7 Å². The van der Waals surface area contributed by atoms with Crippen LogP contribution in [0.25, 0.3) is 0 Å². The molecule has 1 nitrogen and oxygen atoms in total. The van der Waals surface area contributed by atoms with Crippen LogP contribution in [0.2, 0.25) is 0 Å². The highest BCUT2D eigenvalue weighted by Gasteiger charge is 2.46. The zero-order valence-corrected chi connectivity index (χ0v) is 10.9. The number of benzene rings is 2. The molecule has 1 aliphatic heterocycles. The fraction of sp³-hybridized carbons (Fsp3) is 0.294. The van der Waals surface area contributed by atoms with Crippen LogP contribution < -0.4 is 5.32 Å². The van der Waals surface area contributed by atoms with Gasteiger partial charge in [-0.3, -0.25) is 0 Å². The third kappa shape index (κ3) is 2.17. The smallest absolute Gasteiger partial charge is 0.212 e. The number of nitrogens with two attached hydrogens (primary N) is 1. The fourth-order valence-corrected chi connectivity index (χ4v) is 3.09. The summed E-state index contributed by atoms with van der Waals surface area (Å²) < 4.78 is 15.9. The summed E-state index contributed by atoms with van der Waals surface area (Å²) in [4.78, 5) is 0. The SMILES string of the molecule is FC(c1ccccc1)(c1ccccc1)[C@H]1CCC[NH2+]1. The van der Waals surface area contributed by atoms with Crippen molar-refractivity contribution in [1.82, 2.24) is 0 Å². The molecule has 1 aliphatic rings. The van der Waals surface area contributed by atoms with E-state index in [2.05, 4.69) is 5.32 Å². The molecule has 0 unspecified atom stereocenters. The van der Waals surface area contributed by atoms with Crippen molar-refractivity contribution in [1.29, 1.82) is 0 Å². The lowest BCUT2D eigenvalue weighted by atomic mass is 9.81. The van der Waals surface area contributed by atoms with Crippen LogP contribution in [0.4, 0.5) is 4.39 Å². The van der Waals surface area contributed by atoms with E-state index in [1.807, 2.05) is 60.7 Å². The minimum Gasteiger partial charge on any atom is -0.341 e. The van der Waals surface area contributed by atoms with Gasteiger partial charge in [0.1, 0.15) is 6.04 Å². The zero-order chi connectivity index (χ0) is 13.1. The highest BCUT2D eigenvalue weighted by Crippen LogP contribution is 2.38. The Hall–Kier alpha value is -1.67. The van der Waals surface area contributed by atoms with Gasteiger partial charge in [0.15, 0.2) is 0 Å². The summed E-state index contributed by atoms with van der Waals surface area (Å²) in [6.07, 6.45) is 2.02. The molecule has 0 amide bonds. The van der Waals surface area contributed by atoms with Crippen molar-refractivity contribution in [3.05, 3.63) is 71.8 Å². The Balaban J connectivity index is 2.10. The molecule has 0 aliphatic carbocycles. The Kier molecular flexibility index (Phi) is 3.34. The molecule has 0 spiro atoms. The minimum atomic E-state index is -1.39. The van der Waals surface area contributed by atoms with Gasteiger partial charge in [-0.15, -0.1) is 0 Å². The van der Waals surface area contributed by atoms with E-state index in [4.69, 9.17) is 0 Å². The van der Waals surface area contributed by atoms with Crippen molar-refractivity contribution in [2.45, 2.75) is 24.6 Å². The average Bonchev–Trinajstić information content (AvgIpc) is 3.03. The molecule has 0 radical (unpaired) electrons. The predicted molar refractivity (Wildman–Crippen MR) is 74.6 cm³/mol. The van der Waals surface area contributed by atoms with Gasteiger partial charge in [-0.2, -0.15) is 0 Å². The molecule has 1 saturated heterocycles. The Morgan fingerprint density at radius 3 is 1.84 bits per heavy atom. The summed E-state index contributed by atoms with van der Waals surface area (Å²) in [5.41, 5.74) is 0.146. The first-order valence-electron chi connectivity index (χ1n) is 6.95. The molecule has 2 aromatic carbocycles. The van der Waals surface area contributed by atoms with Crippen LogP contribution in [-0.4, -0.2) is 12.6 Å². The van der Waals surface area contributed by atoms with Crippen LogP contribution in [0.5, 0.6) is 0 Å². The number of hydrogen-bond acceptors (Lipinski definition) is 0. The topological polar surface area (TPSA) is 16.6 Å². The lowest BCUT2D eigenvalue weighted by molar-refractivity contribution is -0.681. The maximum Gasteiger partial charge on any atom is 0.212 e. The molecule has 2 N–H and O–H groups in total. The number of hydrogen-bond donors (Lipinski definition) is 1. The Bertz CT molecular complexity index is 478. The molecule has 0 saturated carbocycles. The molecule has 0 bridgehead atoms. The van der Waals surface area contributed by atoms with Gasteiger partial charge in [0.25, 0.3) is 0 Å². The third-order valence-electron chi connectivity index (χ3n) is 4.07. The summed E-state index contributed by atoms with van der Waals surface area (Å²) in [5, 5.41) is 2.15. The molecule has 0 aromatic heterocycles. The van der Waals surface area contributed by atoms with E-state index in [1.165, 1.54) is 0 Å². The Morgan fingerprint density at radius 1 is 0.895 bits per heavy atom. The van der Waals surface area contributed by atoms with Crippen LogP contribution in [-0.2, 0) is 5.67 Å². The van der Waals surface area contributed by atoms with E-state index in [-0.39, 0.29) is 6.04 Å². The summed E-state index contributed by atoms with van der Waals surface area (Å²) in [6.45, 7) is 1.02. The van der Waals surface area contributed by atoms with Gasteiger partial charge in [0.05, 0.1) is 6.54 Å². The van der Waals surface area contributed by atoms with Crippen molar-refractivity contribution in [3.8, 4) is 0 Å². The molecular formula is C17H19FN+. The Morgan fingerprint density at radius 2 is 1.42 bits per heavy atom. The zero-order valence-electron chi connectivity index (χ0n) is 10.9. The lowest BCUT2D eigenvalue weighted by Gasteiger charge is -2.30. The van der Waals surface area contributed by atoms with E-state index in [0.29, 0.717) is 0 Å². The van der Waals surface area contributed by atoms with Gasteiger partial charge in [0.2, 0.25) is 5.67 Å². The van der Waals surface area contributed by atoms with Crippen LogP contribution >= 0.6 is 0 Å². The quantitative estimate of drug-likeness (QED) is 0.869. The number of alkyl halides is 1. The van der Waals surface area contributed by atoms with Crippen LogP contribution in [0, 0.1) is 0 Å². The standard InChI is InChI=1S/C17H18FN/c18-17(16-12-7-13-19-16,14-8-3-1-4-9-14)15-10-5-2-6-11-15/h1-6,8-11,16,19H,7,12-13H2/p+1/t16-/m1/s1. The maximum absolute atomic E-state index is 15.9. The van der Waals surface area contributed by atoms with Crippen molar-refractivity contribution in [2.24, 2.45) is 0 Å². The summed E-state index contributed by atoms with van der Waals surface area (Å²) in [5.74, 6) is 0. The number of halogens is 1. The van der Waals surface area contributed by atoms with E-state index < -0.39 is 5.67 Å². The minimum absolute atomic E-state index is 0.0164. The number of quaternary nitrogens is 1. The summed E-state index contributed by atoms with van der Waals surface area (Å²) >= 11 is 0.